The van der Waals surface area contributed by atoms with Crippen LogP contribution >= 0.6 is 35.0 Å². The molecule has 202 valence electrons. The molecule has 0 aliphatic carbocycles. The van der Waals surface area contributed by atoms with Crippen molar-refractivity contribution in [3.05, 3.63) is 105 Å². The average molecular weight is 572 g/mol. The zero-order valence-corrected chi connectivity index (χ0v) is 25.0. The zero-order chi connectivity index (χ0) is 27.9. The Labute approximate surface area is 241 Å². The first-order valence-electron chi connectivity index (χ1n) is 12.7. The molecule has 7 heteroatoms. The first-order valence-corrected chi connectivity index (χ1v) is 14.6. The first kappa shape index (κ1) is 30.1. The van der Waals surface area contributed by atoms with Crippen molar-refractivity contribution in [1.82, 2.24) is 10.2 Å². The minimum Gasteiger partial charge on any atom is -0.350 e. The number of hydrogen-bond donors (Lipinski definition) is 1. The molecule has 0 saturated heterocycles. The third-order valence-corrected chi connectivity index (χ3v) is 7.63. The number of hydrogen-bond acceptors (Lipinski definition) is 3. The van der Waals surface area contributed by atoms with Gasteiger partial charge < -0.3 is 10.2 Å². The van der Waals surface area contributed by atoms with Crippen LogP contribution in [0.2, 0.25) is 10.0 Å². The Balaban J connectivity index is 1.92. The molecule has 3 aromatic carbocycles. The second kappa shape index (κ2) is 13.5. The monoisotopic (exact) mass is 570 g/mol. The summed E-state index contributed by atoms with van der Waals surface area (Å²) in [6.45, 7) is 10.1. The summed E-state index contributed by atoms with van der Waals surface area (Å²) >= 11 is 14.6. The SMILES string of the molecule is Cc1cc(C)cc(CSCC(=O)N(Cc2c(Cl)cccc2Cl)[C@H](Cc2ccccc2)C(=O)NC(C)(C)C)c1. The number of amides is 2. The molecular weight excluding hydrogens is 535 g/mol. The summed E-state index contributed by atoms with van der Waals surface area (Å²) in [5, 5.41) is 4.01. The van der Waals surface area contributed by atoms with Gasteiger partial charge in [-0.3, -0.25) is 9.59 Å². The lowest BCUT2D eigenvalue weighted by Crippen LogP contribution is -2.54. The minimum absolute atomic E-state index is 0.135. The molecule has 0 saturated carbocycles. The Morgan fingerprint density at radius 3 is 2.08 bits per heavy atom. The van der Waals surface area contributed by atoms with E-state index >= 15 is 0 Å². The summed E-state index contributed by atoms with van der Waals surface area (Å²) < 4.78 is 0. The minimum atomic E-state index is -0.738. The number of benzene rings is 3. The molecule has 0 aliphatic rings. The van der Waals surface area contributed by atoms with Gasteiger partial charge in [-0.25, -0.2) is 0 Å². The van der Waals surface area contributed by atoms with Crippen molar-refractivity contribution in [2.75, 3.05) is 5.75 Å². The van der Waals surface area contributed by atoms with Gasteiger partial charge in [0, 0.05) is 39.9 Å². The predicted octanol–water partition coefficient (Wildman–Crippen LogP) is 7.40. The van der Waals surface area contributed by atoms with Gasteiger partial charge in [0.15, 0.2) is 0 Å². The average Bonchev–Trinajstić information content (AvgIpc) is 2.81. The van der Waals surface area contributed by atoms with Crippen LogP contribution in [0.25, 0.3) is 0 Å². The summed E-state index contributed by atoms with van der Waals surface area (Å²) in [5.74, 6) is 0.577. The molecule has 3 rings (SSSR count). The maximum atomic E-state index is 13.8. The highest BCUT2D eigenvalue weighted by atomic mass is 35.5. The van der Waals surface area contributed by atoms with Crippen LogP contribution in [0.3, 0.4) is 0 Å². The Morgan fingerprint density at radius 1 is 0.895 bits per heavy atom. The van der Waals surface area contributed by atoms with E-state index in [2.05, 4.69) is 37.4 Å². The van der Waals surface area contributed by atoms with Gasteiger partial charge in [-0.2, -0.15) is 0 Å². The third kappa shape index (κ3) is 9.07. The molecule has 1 N–H and O–H groups in total. The molecular formula is C31H36Cl2N2O2S. The van der Waals surface area contributed by atoms with Crippen molar-refractivity contribution in [3.8, 4) is 0 Å². The van der Waals surface area contributed by atoms with Crippen molar-refractivity contribution >= 4 is 46.8 Å². The normalized spacial score (nSPS) is 12.2. The molecule has 0 spiro atoms. The summed E-state index contributed by atoms with van der Waals surface area (Å²) in [4.78, 5) is 29.1. The molecule has 0 heterocycles. The van der Waals surface area contributed by atoms with Crippen molar-refractivity contribution in [2.24, 2.45) is 0 Å². The first-order chi connectivity index (χ1) is 17.9. The van der Waals surface area contributed by atoms with E-state index in [4.69, 9.17) is 23.2 Å². The quantitative estimate of drug-likeness (QED) is 0.276. The maximum absolute atomic E-state index is 13.8. The van der Waals surface area contributed by atoms with Crippen LogP contribution in [0.15, 0.2) is 66.7 Å². The van der Waals surface area contributed by atoms with Crippen molar-refractivity contribution in [2.45, 2.75) is 64.9 Å². The smallest absolute Gasteiger partial charge is 0.243 e. The van der Waals surface area contributed by atoms with Crippen LogP contribution in [0.5, 0.6) is 0 Å². The second-order valence-corrected chi connectivity index (χ2v) is 12.5. The molecule has 0 radical (unpaired) electrons. The summed E-state index contributed by atoms with van der Waals surface area (Å²) in [6, 6.07) is 20.7. The van der Waals surface area contributed by atoms with Crippen LogP contribution in [0.4, 0.5) is 0 Å². The standard InChI is InChI=1S/C31H36Cl2N2O2S/c1-21-14-22(2)16-24(15-21)19-38-20-29(36)35(18-25-26(32)12-9-13-27(25)33)28(30(37)34-31(3,4)5)17-23-10-7-6-8-11-23/h6-16,28H,17-20H2,1-5H3,(H,34,37)/t28-/m1/s1. The lowest BCUT2D eigenvalue weighted by atomic mass is 10.0. The maximum Gasteiger partial charge on any atom is 0.243 e. The lowest BCUT2D eigenvalue weighted by Gasteiger charge is -2.34. The van der Waals surface area contributed by atoms with Crippen LogP contribution in [-0.2, 0) is 28.3 Å². The van der Waals surface area contributed by atoms with Gasteiger partial charge in [0.05, 0.1) is 5.75 Å². The number of nitrogens with zero attached hydrogens (tertiary/aromatic N) is 1. The van der Waals surface area contributed by atoms with E-state index in [-0.39, 0.29) is 24.1 Å². The van der Waals surface area contributed by atoms with Crippen molar-refractivity contribution in [1.29, 1.82) is 0 Å². The number of thioether (sulfide) groups is 1. The van der Waals surface area contributed by atoms with Crippen molar-refractivity contribution < 1.29 is 9.59 Å². The van der Waals surface area contributed by atoms with E-state index in [1.54, 1.807) is 23.1 Å². The molecule has 0 fully saturated rings. The van der Waals surface area contributed by atoms with Gasteiger partial charge in [-0.05, 0) is 57.9 Å². The van der Waals surface area contributed by atoms with Gasteiger partial charge >= 0.3 is 0 Å². The number of nitrogens with one attached hydrogen (secondary N) is 1. The summed E-state index contributed by atoms with van der Waals surface area (Å²) in [6.07, 6.45) is 0.373. The van der Waals surface area contributed by atoms with E-state index in [1.165, 1.54) is 28.5 Å². The van der Waals surface area contributed by atoms with Crippen molar-refractivity contribution in [3.63, 3.8) is 0 Å². The predicted molar refractivity (Wildman–Crippen MR) is 161 cm³/mol. The highest BCUT2D eigenvalue weighted by Gasteiger charge is 2.33. The van der Waals surface area contributed by atoms with E-state index in [1.807, 2.05) is 51.1 Å². The Bertz CT molecular complexity index is 1220. The number of aryl methyl sites for hydroxylation is 2. The van der Waals surface area contributed by atoms with Gasteiger partial charge in [-0.1, -0.05) is 88.9 Å². The van der Waals surface area contributed by atoms with E-state index in [0.717, 1.165) is 5.56 Å². The highest BCUT2D eigenvalue weighted by Crippen LogP contribution is 2.28. The van der Waals surface area contributed by atoms with Gasteiger partial charge in [0.2, 0.25) is 11.8 Å². The second-order valence-electron chi connectivity index (χ2n) is 10.7. The highest BCUT2D eigenvalue weighted by molar-refractivity contribution is 7.99. The number of carbonyl (C=O) groups is 2. The van der Waals surface area contributed by atoms with E-state index < -0.39 is 11.6 Å². The molecule has 0 unspecified atom stereocenters. The summed E-state index contributed by atoms with van der Waals surface area (Å²) in [5.41, 5.74) is 4.71. The molecule has 3 aromatic rings. The largest absolute Gasteiger partial charge is 0.350 e. The fraction of sp³-hybridized carbons (Fsp3) is 0.355. The lowest BCUT2D eigenvalue weighted by molar-refractivity contribution is -0.140. The number of carbonyl (C=O) groups excluding carboxylic acids is 2. The van der Waals surface area contributed by atoms with E-state index in [9.17, 15) is 9.59 Å². The fourth-order valence-electron chi connectivity index (χ4n) is 4.35. The van der Waals surface area contributed by atoms with Crippen LogP contribution < -0.4 is 5.32 Å². The van der Waals surface area contributed by atoms with Crippen LogP contribution in [0, 0.1) is 13.8 Å². The van der Waals surface area contributed by atoms with Gasteiger partial charge in [0.25, 0.3) is 0 Å². The summed E-state index contributed by atoms with van der Waals surface area (Å²) in [7, 11) is 0. The van der Waals surface area contributed by atoms with E-state index in [0.29, 0.717) is 27.8 Å². The number of halogens is 2. The molecule has 38 heavy (non-hydrogen) atoms. The fourth-order valence-corrected chi connectivity index (χ4v) is 5.71. The van der Waals surface area contributed by atoms with Crippen LogP contribution in [0.1, 0.15) is 48.6 Å². The Morgan fingerprint density at radius 2 is 1.50 bits per heavy atom. The molecule has 0 bridgehead atoms. The molecule has 0 aliphatic heterocycles. The Kier molecular flexibility index (Phi) is 10.7. The van der Waals surface area contributed by atoms with Gasteiger partial charge in [-0.15, -0.1) is 11.8 Å². The van der Waals surface area contributed by atoms with Gasteiger partial charge in [0.1, 0.15) is 6.04 Å². The zero-order valence-electron chi connectivity index (χ0n) is 22.7. The third-order valence-electron chi connectivity index (χ3n) is 5.94. The molecule has 1 atom stereocenters. The number of rotatable bonds is 10. The molecule has 2 amide bonds. The van der Waals surface area contributed by atoms with Crippen LogP contribution in [-0.4, -0.2) is 34.0 Å². The molecule has 4 nitrogen and oxygen atoms in total. The topological polar surface area (TPSA) is 49.4 Å². The Hall–Kier alpha value is -2.47. The molecule has 0 aromatic heterocycles.